The third-order valence-electron chi connectivity index (χ3n) is 3.47. The molecular weight excluding hydrogens is 254 g/mol. The molecule has 2 heterocycles. The number of morpholine rings is 1. The van der Waals surface area contributed by atoms with Crippen LogP contribution in [-0.4, -0.2) is 53.7 Å². The van der Waals surface area contributed by atoms with Crippen molar-refractivity contribution in [2.75, 3.05) is 19.0 Å². The zero-order chi connectivity index (χ0) is 13.3. The first kappa shape index (κ1) is 14.1. The van der Waals surface area contributed by atoms with Crippen LogP contribution in [0.3, 0.4) is 0 Å². The molecule has 2 aliphatic heterocycles. The Bertz CT molecular complexity index is 321. The van der Waals surface area contributed by atoms with E-state index in [-0.39, 0.29) is 29.8 Å². The highest BCUT2D eigenvalue weighted by Crippen LogP contribution is 2.26. The topological polar surface area (TPSA) is 38.8 Å². The van der Waals surface area contributed by atoms with Crippen LogP contribution in [-0.2, 0) is 14.3 Å². The largest absolute Gasteiger partial charge is 0.367 e. The molecule has 0 bridgehead atoms. The Morgan fingerprint density at radius 2 is 2.17 bits per heavy atom. The van der Waals surface area contributed by atoms with Gasteiger partial charge in [-0.1, -0.05) is 0 Å². The highest BCUT2D eigenvalue weighted by atomic mass is 35.5. The minimum atomic E-state index is -0.336. The van der Waals surface area contributed by atoms with Crippen LogP contribution in [0, 0.1) is 0 Å². The number of alkyl halides is 1. The molecular formula is C13H22ClNO3. The van der Waals surface area contributed by atoms with E-state index in [2.05, 4.69) is 0 Å². The van der Waals surface area contributed by atoms with Crippen molar-refractivity contribution in [3.63, 3.8) is 0 Å². The molecule has 2 fully saturated rings. The van der Waals surface area contributed by atoms with E-state index in [1.165, 1.54) is 0 Å². The molecule has 1 amide bonds. The van der Waals surface area contributed by atoms with Crippen molar-refractivity contribution in [2.45, 2.75) is 57.5 Å². The van der Waals surface area contributed by atoms with Crippen molar-refractivity contribution in [1.82, 2.24) is 4.90 Å². The van der Waals surface area contributed by atoms with Crippen molar-refractivity contribution in [1.29, 1.82) is 0 Å². The molecule has 0 spiro atoms. The summed E-state index contributed by atoms with van der Waals surface area (Å²) < 4.78 is 11.5. The van der Waals surface area contributed by atoms with E-state index < -0.39 is 0 Å². The van der Waals surface area contributed by atoms with Gasteiger partial charge in [-0.3, -0.25) is 4.79 Å². The van der Waals surface area contributed by atoms with Crippen LogP contribution in [0.1, 0.15) is 33.6 Å². The number of ether oxygens (including phenoxy) is 2. The summed E-state index contributed by atoms with van der Waals surface area (Å²) in [7, 11) is 0. The number of rotatable bonds is 2. The average Bonchev–Trinajstić information content (AvgIpc) is 2.72. The Balaban J connectivity index is 2.00. The summed E-state index contributed by atoms with van der Waals surface area (Å²) in [5, 5.41) is 0. The van der Waals surface area contributed by atoms with Crippen LogP contribution in [0.5, 0.6) is 0 Å². The third-order valence-corrected chi connectivity index (χ3v) is 3.82. The molecule has 3 unspecified atom stereocenters. The minimum Gasteiger partial charge on any atom is -0.367 e. The van der Waals surface area contributed by atoms with Gasteiger partial charge in [0.15, 0.2) is 0 Å². The molecule has 3 atom stereocenters. The molecule has 0 saturated carbocycles. The average molecular weight is 276 g/mol. The molecule has 0 N–H and O–H groups in total. The molecule has 0 radical (unpaired) electrons. The summed E-state index contributed by atoms with van der Waals surface area (Å²) >= 11 is 5.87. The smallest absolute Gasteiger partial charge is 0.251 e. The fourth-order valence-electron chi connectivity index (χ4n) is 2.73. The number of amides is 1. The molecule has 0 aliphatic carbocycles. The Kier molecular flexibility index (Phi) is 4.19. The second kappa shape index (κ2) is 5.35. The van der Waals surface area contributed by atoms with Crippen LogP contribution >= 0.6 is 11.6 Å². The van der Waals surface area contributed by atoms with Gasteiger partial charge in [-0.2, -0.15) is 0 Å². The highest BCUT2D eigenvalue weighted by Gasteiger charge is 2.39. The summed E-state index contributed by atoms with van der Waals surface area (Å²) in [6.45, 7) is 7.17. The maximum absolute atomic E-state index is 12.4. The maximum atomic E-state index is 12.4. The van der Waals surface area contributed by atoms with Crippen LogP contribution in [0.4, 0.5) is 0 Å². The Labute approximate surface area is 114 Å². The van der Waals surface area contributed by atoms with Crippen molar-refractivity contribution in [3.8, 4) is 0 Å². The Hall–Kier alpha value is -0.320. The van der Waals surface area contributed by atoms with Gasteiger partial charge in [-0.15, -0.1) is 11.6 Å². The van der Waals surface area contributed by atoms with Crippen molar-refractivity contribution in [2.24, 2.45) is 0 Å². The molecule has 104 valence electrons. The molecule has 2 saturated heterocycles. The lowest BCUT2D eigenvalue weighted by Gasteiger charge is -2.43. The number of carbonyl (C=O) groups is 1. The van der Waals surface area contributed by atoms with Gasteiger partial charge in [-0.25, -0.2) is 0 Å². The Morgan fingerprint density at radius 1 is 1.44 bits per heavy atom. The van der Waals surface area contributed by atoms with E-state index in [0.29, 0.717) is 19.0 Å². The lowest BCUT2D eigenvalue weighted by molar-refractivity contribution is -0.166. The van der Waals surface area contributed by atoms with Gasteiger partial charge < -0.3 is 14.4 Å². The van der Waals surface area contributed by atoms with Crippen molar-refractivity contribution in [3.05, 3.63) is 0 Å². The van der Waals surface area contributed by atoms with Gasteiger partial charge in [0.25, 0.3) is 5.91 Å². The van der Waals surface area contributed by atoms with E-state index in [9.17, 15) is 4.79 Å². The summed E-state index contributed by atoms with van der Waals surface area (Å²) in [6.07, 6.45) is 1.62. The van der Waals surface area contributed by atoms with E-state index in [1.54, 1.807) is 0 Å². The van der Waals surface area contributed by atoms with E-state index >= 15 is 0 Å². The first-order chi connectivity index (χ1) is 8.41. The maximum Gasteiger partial charge on any atom is 0.251 e. The van der Waals surface area contributed by atoms with Crippen LogP contribution in [0.25, 0.3) is 0 Å². The highest BCUT2D eigenvalue weighted by molar-refractivity contribution is 6.18. The SMILES string of the molecule is CC1CCC(C(=O)N2CC(CCl)OC(C)(C)C2)O1. The molecule has 0 aromatic carbocycles. The fraction of sp³-hybridized carbons (Fsp3) is 0.923. The van der Waals surface area contributed by atoms with Crippen molar-refractivity contribution < 1.29 is 14.3 Å². The number of nitrogens with zero attached hydrogens (tertiary/aromatic N) is 1. The molecule has 5 heteroatoms. The standard InChI is InChI=1S/C13H22ClNO3/c1-9-4-5-11(17-9)12(16)15-7-10(6-14)18-13(2,3)8-15/h9-11H,4-8H2,1-3H3. The summed E-state index contributed by atoms with van der Waals surface area (Å²) in [4.78, 5) is 14.2. The van der Waals surface area contributed by atoms with Crippen LogP contribution in [0.15, 0.2) is 0 Å². The van der Waals surface area contributed by atoms with Gasteiger partial charge in [0, 0.05) is 13.1 Å². The minimum absolute atomic E-state index is 0.0850. The third kappa shape index (κ3) is 3.16. The number of carbonyl (C=O) groups excluding carboxylic acids is 1. The zero-order valence-electron chi connectivity index (χ0n) is 11.3. The molecule has 2 rings (SSSR count). The van der Waals surface area contributed by atoms with Gasteiger partial charge >= 0.3 is 0 Å². The zero-order valence-corrected chi connectivity index (χ0v) is 12.1. The second-order valence-electron chi connectivity index (χ2n) is 5.89. The molecule has 18 heavy (non-hydrogen) atoms. The van der Waals surface area contributed by atoms with E-state index in [1.807, 2.05) is 25.7 Å². The fourth-order valence-corrected chi connectivity index (χ4v) is 2.89. The molecule has 0 aromatic rings. The van der Waals surface area contributed by atoms with Gasteiger partial charge in [-0.05, 0) is 33.6 Å². The van der Waals surface area contributed by atoms with E-state index in [0.717, 1.165) is 12.8 Å². The van der Waals surface area contributed by atoms with Crippen LogP contribution in [0.2, 0.25) is 0 Å². The lowest BCUT2D eigenvalue weighted by Crippen LogP contribution is -2.57. The normalized spacial score (nSPS) is 35.8. The molecule has 2 aliphatic rings. The number of halogens is 1. The summed E-state index contributed by atoms with van der Waals surface area (Å²) in [5.74, 6) is 0.501. The molecule has 4 nitrogen and oxygen atoms in total. The predicted molar refractivity (Wildman–Crippen MR) is 69.8 cm³/mol. The van der Waals surface area contributed by atoms with Gasteiger partial charge in [0.1, 0.15) is 6.10 Å². The number of hydrogen-bond donors (Lipinski definition) is 0. The van der Waals surface area contributed by atoms with Crippen LogP contribution < -0.4 is 0 Å². The Morgan fingerprint density at radius 3 is 2.72 bits per heavy atom. The van der Waals surface area contributed by atoms with Crippen molar-refractivity contribution >= 4 is 17.5 Å². The second-order valence-corrected chi connectivity index (χ2v) is 6.19. The van der Waals surface area contributed by atoms with E-state index in [4.69, 9.17) is 21.1 Å². The van der Waals surface area contributed by atoms with Gasteiger partial charge in [0.2, 0.25) is 0 Å². The van der Waals surface area contributed by atoms with Gasteiger partial charge in [0.05, 0.1) is 23.7 Å². The molecule has 0 aromatic heterocycles. The summed E-state index contributed by atoms with van der Waals surface area (Å²) in [6, 6.07) is 0. The predicted octanol–water partition coefficient (Wildman–Crippen LogP) is 1.80. The lowest BCUT2D eigenvalue weighted by atomic mass is 10.0. The number of hydrogen-bond acceptors (Lipinski definition) is 3. The first-order valence-electron chi connectivity index (χ1n) is 6.59. The summed E-state index contributed by atoms with van der Waals surface area (Å²) in [5.41, 5.74) is -0.336. The monoisotopic (exact) mass is 275 g/mol. The first-order valence-corrected chi connectivity index (χ1v) is 7.13. The quantitative estimate of drug-likeness (QED) is 0.722.